The lowest BCUT2D eigenvalue weighted by molar-refractivity contribution is 0.581. The molecular formula is C8H7BrN2OS. The third-order valence-electron chi connectivity index (χ3n) is 1.57. The fourth-order valence-electron chi connectivity index (χ4n) is 0.965. The predicted octanol–water partition coefficient (Wildman–Crippen LogP) is 2.62. The maximum atomic E-state index is 5.50. The van der Waals surface area contributed by atoms with Crippen LogP contribution in [0.3, 0.4) is 0 Å². The molecule has 5 heteroatoms. The molecule has 0 spiro atoms. The molecule has 0 saturated carbocycles. The van der Waals surface area contributed by atoms with Crippen molar-refractivity contribution in [3.05, 3.63) is 27.9 Å². The zero-order valence-electron chi connectivity index (χ0n) is 6.66. The summed E-state index contributed by atoms with van der Waals surface area (Å²) in [5, 5.41) is 0.859. The molecular weight excluding hydrogens is 252 g/mol. The molecule has 68 valence electrons. The molecule has 0 aliphatic heterocycles. The minimum Gasteiger partial charge on any atom is -0.462 e. The van der Waals surface area contributed by atoms with E-state index in [2.05, 4.69) is 20.9 Å². The number of thiazole rings is 1. The average Bonchev–Trinajstić information content (AvgIpc) is 2.71. The molecule has 0 saturated heterocycles. The molecule has 0 radical (unpaired) electrons. The van der Waals surface area contributed by atoms with E-state index in [9.17, 15) is 0 Å². The zero-order valence-corrected chi connectivity index (χ0v) is 9.06. The number of rotatable bonds is 2. The van der Waals surface area contributed by atoms with Crippen LogP contribution in [0.25, 0.3) is 10.8 Å². The van der Waals surface area contributed by atoms with Gasteiger partial charge < -0.3 is 10.2 Å². The number of nitrogens with zero attached hydrogens (tertiary/aromatic N) is 1. The van der Waals surface area contributed by atoms with Crippen molar-refractivity contribution in [1.29, 1.82) is 0 Å². The van der Waals surface area contributed by atoms with E-state index in [4.69, 9.17) is 10.2 Å². The Labute approximate surface area is 87.7 Å². The Kier molecular flexibility index (Phi) is 2.48. The first-order valence-electron chi connectivity index (χ1n) is 3.70. The smallest absolute Gasteiger partial charge is 0.162 e. The fourth-order valence-corrected chi connectivity index (χ4v) is 2.46. The van der Waals surface area contributed by atoms with Crippen LogP contribution in [0.5, 0.6) is 0 Å². The minimum atomic E-state index is 0.442. The molecule has 0 unspecified atom stereocenters. The van der Waals surface area contributed by atoms with Crippen molar-refractivity contribution >= 4 is 27.3 Å². The quantitative estimate of drug-likeness (QED) is 0.901. The van der Waals surface area contributed by atoms with Crippen LogP contribution in [-0.4, -0.2) is 4.98 Å². The Morgan fingerprint density at radius 2 is 2.46 bits per heavy atom. The Balaban J connectivity index is 2.43. The van der Waals surface area contributed by atoms with Crippen LogP contribution in [0.2, 0.25) is 0 Å². The van der Waals surface area contributed by atoms with Crippen molar-refractivity contribution in [1.82, 2.24) is 4.98 Å². The van der Waals surface area contributed by atoms with Crippen molar-refractivity contribution < 1.29 is 4.42 Å². The number of aromatic nitrogens is 1. The van der Waals surface area contributed by atoms with Gasteiger partial charge in [-0.15, -0.1) is 11.3 Å². The second kappa shape index (κ2) is 3.61. The monoisotopic (exact) mass is 258 g/mol. The van der Waals surface area contributed by atoms with E-state index in [1.54, 1.807) is 6.26 Å². The highest BCUT2D eigenvalue weighted by Crippen LogP contribution is 2.31. The largest absolute Gasteiger partial charge is 0.462 e. The second-order valence-corrected chi connectivity index (χ2v) is 4.74. The fraction of sp³-hybridized carbons (Fsp3) is 0.125. The van der Waals surface area contributed by atoms with E-state index in [-0.39, 0.29) is 0 Å². The van der Waals surface area contributed by atoms with Crippen LogP contribution >= 0.6 is 27.3 Å². The van der Waals surface area contributed by atoms with E-state index in [0.29, 0.717) is 6.54 Å². The molecule has 3 nitrogen and oxygen atoms in total. The molecule has 0 aliphatic carbocycles. The molecule has 0 bridgehead atoms. The average molecular weight is 259 g/mol. The van der Waals surface area contributed by atoms with Crippen LogP contribution in [0, 0.1) is 0 Å². The summed E-state index contributed by atoms with van der Waals surface area (Å²) in [5.74, 6) is 0.783. The van der Waals surface area contributed by atoms with Gasteiger partial charge in [-0.1, -0.05) is 0 Å². The summed E-state index contributed by atoms with van der Waals surface area (Å²) in [4.78, 5) is 4.32. The lowest BCUT2D eigenvalue weighted by Crippen LogP contribution is -1.96. The van der Waals surface area contributed by atoms with Gasteiger partial charge in [0.2, 0.25) is 0 Å². The second-order valence-electron chi connectivity index (χ2n) is 2.42. The third-order valence-corrected chi connectivity index (χ3v) is 3.42. The number of halogens is 1. The highest BCUT2D eigenvalue weighted by molar-refractivity contribution is 9.11. The molecule has 0 amide bonds. The van der Waals surface area contributed by atoms with E-state index < -0.39 is 0 Å². The van der Waals surface area contributed by atoms with Crippen molar-refractivity contribution in [2.75, 3.05) is 0 Å². The first-order valence-corrected chi connectivity index (χ1v) is 5.31. The molecule has 0 fully saturated rings. The first kappa shape index (κ1) is 8.93. The van der Waals surface area contributed by atoms with Gasteiger partial charge in [-0.25, -0.2) is 4.98 Å². The van der Waals surface area contributed by atoms with Gasteiger partial charge in [0, 0.05) is 6.54 Å². The molecule has 2 N–H and O–H groups in total. The van der Waals surface area contributed by atoms with Gasteiger partial charge in [0.15, 0.2) is 10.8 Å². The third kappa shape index (κ3) is 1.67. The summed E-state index contributed by atoms with van der Waals surface area (Å²) >= 11 is 4.93. The van der Waals surface area contributed by atoms with Crippen LogP contribution in [0.1, 0.15) is 5.69 Å². The molecule has 13 heavy (non-hydrogen) atoms. The molecule has 0 aliphatic rings. The summed E-state index contributed by atoms with van der Waals surface area (Å²) in [6.07, 6.45) is 1.63. The normalized spacial score (nSPS) is 10.6. The van der Waals surface area contributed by atoms with Crippen molar-refractivity contribution in [3.8, 4) is 10.8 Å². The SMILES string of the molecule is NCc1nc(-c2ccco2)sc1Br. The summed E-state index contributed by atoms with van der Waals surface area (Å²) in [6.45, 7) is 0.442. The summed E-state index contributed by atoms with van der Waals surface area (Å²) in [5.41, 5.74) is 6.37. The molecule has 2 heterocycles. The maximum Gasteiger partial charge on any atom is 0.162 e. The lowest BCUT2D eigenvalue weighted by atomic mass is 10.4. The van der Waals surface area contributed by atoms with Crippen LogP contribution in [0.4, 0.5) is 0 Å². The van der Waals surface area contributed by atoms with Gasteiger partial charge in [-0.2, -0.15) is 0 Å². The highest BCUT2D eigenvalue weighted by Gasteiger charge is 2.10. The number of furan rings is 1. The van der Waals surface area contributed by atoms with Crippen LogP contribution < -0.4 is 5.73 Å². The van der Waals surface area contributed by atoms with Crippen LogP contribution in [-0.2, 0) is 6.54 Å². The minimum absolute atomic E-state index is 0.442. The van der Waals surface area contributed by atoms with Crippen molar-refractivity contribution in [2.45, 2.75) is 6.54 Å². The van der Waals surface area contributed by atoms with Crippen molar-refractivity contribution in [3.63, 3.8) is 0 Å². The molecule has 2 aromatic heterocycles. The summed E-state index contributed by atoms with van der Waals surface area (Å²) in [6, 6.07) is 3.72. The van der Waals surface area contributed by atoms with Gasteiger partial charge in [0.05, 0.1) is 15.7 Å². The lowest BCUT2D eigenvalue weighted by Gasteiger charge is -1.86. The Bertz CT molecular complexity index is 396. The maximum absolute atomic E-state index is 5.50. The zero-order chi connectivity index (χ0) is 9.26. The Morgan fingerprint density at radius 3 is 3.00 bits per heavy atom. The van der Waals surface area contributed by atoms with E-state index in [1.165, 1.54) is 11.3 Å². The highest BCUT2D eigenvalue weighted by atomic mass is 79.9. The number of hydrogen-bond donors (Lipinski definition) is 1. The van der Waals surface area contributed by atoms with Gasteiger partial charge >= 0.3 is 0 Å². The Morgan fingerprint density at radius 1 is 1.62 bits per heavy atom. The molecule has 0 atom stereocenters. The van der Waals surface area contributed by atoms with E-state index in [0.717, 1.165) is 20.2 Å². The Hall–Kier alpha value is -0.650. The standard InChI is InChI=1S/C8H7BrN2OS/c9-7-5(4-10)11-8(13-7)6-2-1-3-12-6/h1-3H,4,10H2. The van der Waals surface area contributed by atoms with Gasteiger partial charge in [0.1, 0.15) is 0 Å². The topological polar surface area (TPSA) is 52.0 Å². The molecule has 2 aromatic rings. The summed E-state index contributed by atoms with van der Waals surface area (Å²) < 4.78 is 6.19. The van der Waals surface area contributed by atoms with Crippen molar-refractivity contribution in [2.24, 2.45) is 5.73 Å². The van der Waals surface area contributed by atoms with Crippen LogP contribution in [0.15, 0.2) is 26.6 Å². The van der Waals surface area contributed by atoms with E-state index >= 15 is 0 Å². The van der Waals surface area contributed by atoms with Gasteiger partial charge in [-0.3, -0.25) is 0 Å². The summed E-state index contributed by atoms with van der Waals surface area (Å²) in [7, 11) is 0. The first-order chi connectivity index (χ1) is 6.31. The number of nitrogens with two attached hydrogens (primary N) is 1. The van der Waals surface area contributed by atoms with E-state index in [1.807, 2.05) is 12.1 Å². The predicted molar refractivity (Wildman–Crippen MR) is 55.4 cm³/mol. The number of hydrogen-bond acceptors (Lipinski definition) is 4. The molecule has 2 rings (SSSR count). The van der Waals surface area contributed by atoms with Gasteiger partial charge in [0.25, 0.3) is 0 Å². The molecule has 0 aromatic carbocycles. The van der Waals surface area contributed by atoms with Gasteiger partial charge in [-0.05, 0) is 28.1 Å².